The Bertz CT molecular complexity index is 822. The Kier molecular flexibility index (Phi) is 3.63. The minimum Gasteiger partial charge on any atom is -0.277 e. The van der Waals surface area contributed by atoms with Crippen molar-refractivity contribution in [1.82, 2.24) is 19.3 Å². The number of nitrogens with zero attached hydrogens (tertiary/aromatic N) is 4. The van der Waals surface area contributed by atoms with E-state index in [9.17, 15) is 4.39 Å². The third-order valence-electron chi connectivity index (χ3n) is 3.38. The second-order valence-electron chi connectivity index (χ2n) is 4.69. The van der Waals surface area contributed by atoms with Crippen molar-refractivity contribution in [1.29, 1.82) is 0 Å². The van der Waals surface area contributed by atoms with E-state index in [2.05, 4.69) is 10.1 Å². The number of alkyl halides is 1. The van der Waals surface area contributed by atoms with Crippen molar-refractivity contribution in [3.8, 4) is 5.69 Å². The predicted octanol–water partition coefficient (Wildman–Crippen LogP) is 3.85. The van der Waals surface area contributed by atoms with Crippen molar-refractivity contribution >= 4 is 34.4 Å². The number of aryl methyl sites for hydroxylation is 2. The molecule has 0 aliphatic heterocycles. The van der Waals surface area contributed by atoms with Crippen LogP contribution in [0.1, 0.15) is 18.4 Å². The minimum atomic E-state index is -0.385. The maximum absolute atomic E-state index is 14.2. The van der Waals surface area contributed by atoms with Gasteiger partial charge in [0.05, 0.1) is 17.3 Å². The molecule has 3 rings (SSSR count). The third kappa shape index (κ3) is 2.21. The monoisotopic (exact) mass is 326 g/mol. The van der Waals surface area contributed by atoms with Gasteiger partial charge in [-0.15, -0.1) is 11.6 Å². The number of imidazole rings is 1. The summed E-state index contributed by atoms with van der Waals surface area (Å²) in [5, 5.41) is 4.87. The lowest BCUT2D eigenvalue weighted by Gasteiger charge is -2.09. The highest BCUT2D eigenvalue weighted by Crippen LogP contribution is 2.28. The van der Waals surface area contributed by atoms with Gasteiger partial charge in [-0.3, -0.25) is 4.57 Å². The molecule has 7 heteroatoms. The highest BCUT2D eigenvalue weighted by atomic mass is 35.5. The molecular formula is C14H13Cl2FN4. The van der Waals surface area contributed by atoms with Crippen LogP contribution in [-0.4, -0.2) is 19.3 Å². The molecule has 0 unspecified atom stereocenters. The Morgan fingerprint density at radius 2 is 2.10 bits per heavy atom. The molecule has 3 aromatic rings. The molecule has 0 aliphatic carbocycles. The molecule has 0 N–H and O–H groups in total. The SMILES string of the molecule is CCc1nn(C)c2c1nc(CCl)n2-c1cc(Cl)ccc1F. The predicted molar refractivity (Wildman–Crippen MR) is 81.7 cm³/mol. The van der Waals surface area contributed by atoms with E-state index in [0.29, 0.717) is 22.2 Å². The summed E-state index contributed by atoms with van der Waals surface area (Å²) in [6.07, 6.45) is 0.744. The molecule has 0 aliphatic rings. The molecule has 2 heterocycles. The fourth-order valence-electron chi connectivity index (χ4n) is 2.46. The highest BCUT2D eigenvalue weighted by Gasteiger charge is 2.21. The first-order valence-corrected chi connectivity index (χ1v) is 7.42. The van der Waals surface area contributed by atoms with E-state index in [1.54, 1.807) is 22.4 Å². The summed E-state index contributed by atoms with van der Waals surface area (Å²) in [7, 11) is 1.81. The molecule has 110 valence electrons. The Hall–Kier alpha value is -1.59. The van der Waals surface area contributed by atoms with Crippen molar-refractivity contribution < 1.29 is 4.39 Å². The average molecular weight is 327 g/mol. The van der Waals surface area contributed by atoms with Crippen molar-refractivity contribution in [2.75, 3.05) is 0 Å². The molecule has 0 saturated heterocycles. The van der Waals surface area contributed by atoms with E-state index in [-0.39, 0.29) is 11.7 Å². The van der Waals surface area contributed by atoms with Crippen LogP contribution < -0.4 is 0 Å². The largest absolute Gasteiger partial charge is 0.277 e. The molecule has 1 aromatic carbocycles. The second kappa shape index (κ2) is 5.31. The maximum Gasteiger partial charge on any atom is 0.163 e. The summed E-state index contributed by atoms with van der Waals surface area (Å²) in [5.74, 6) is 0.351. The van der Waals surface area contributed by atoms with Gasteiger partial charge in [0, 0.05) is 12.1 Å². The van der Waals surface area contributed by atoms with Crippen LogP contribution in [0.25, 0.3) is 16.9 Å². The van der Waals surface area contributed by atoms with Crippen LogP contribution in [0.15, 0.2) is 18.2 Å². The smallest absolute Gasteiger partial charge is 0.163 e. The molecular weight excluding hydrogens is 314 g/mol. The molecule has 0 saturated carbocycles. The Labute approximate surface area is 131 Å². The number of halogens is 3. The number of rotatable bonds is 3. The number of hydrogen-bond donors (Lipinski definition) is 0. The highest BCUT2D eigenvalue weighted by molar-refractivity contribution is 6.30. The van der Waals surface area contributed by atoms with Crippen molar-refractivity contribution in [2.45, 2.75) is 19.2 Å². The lowest BCUT2D eigenvalue weighted by Crippen LogP contribution is -2.06. The van der Waals surface area contributed by atoms with Crippen LogP contribution in [0.5, 0.6) is 0 Å². The Morgan fingerprint density at radius 3 is 2.76 bits per heavy atom. The lowest BCUT2D eigenvalue weighted by atomic mass is 10.3. The summed E-state index contributed by atoms with van der Waals surface area (Å²) < 4.78 is 17.6. The van der Waals surface area contributed by atoms with Gasteiger partial charge in [0.25, 0.3) is 0 Å². The number of fused-ring (bicyclic) bond motifs is 1. The van der Waals surface area contributed by atoms with E-state index < -0.39 is 0 Å². The Balaban J connectivity index is 2.40. The first-order valence-electron chi connectivity index (χ1n) is 6.51. The Morgan fingerprint density at radius 1 is 1.33 bits per heavy atom. The van der Waals surface area contributed by atoms with E-state index in [0.717, 1.165) is 17.6 Å². The van der Waals surface area contributed by atoms with E-state index >= 15 is 0 Å². The maximum atomic E-state index is 14.2. The van der Waals surface area contributed by atoms with Crippen molar-refractivity contribution in [2.24, 2.45) is 7.05 Å². The van der Waals surface area contributed by atoms with Gasteiger partial charge in [0.15, 0.2) is 5.65 Å². The van der Waals surface area contributed by atoms with Crippen LogP contribution in [0.4, 0.5) is 4.39 Å². The molecule has 0 fully saturated rings. The molecule has 0 atom stereocenters. The third-order valence-corrected chi connectivity index (χ3v) is 3.85. The summed E-state index contributed by atoms with van der Waals surface area (Å²) in [6, 6.07) is 4.40. The van der Waals surface area contributed by atoms with Crippen LogP contribution in [0, 0.1) is 5.82 Å². The fraction of sp³-hybridized carbons (Fsp3) is 0.286. The van der Waals surface area contributed by atoms with Crippen LogP contribution in [0.2, 0.25) is 5.02 Å². The van der Waals surface area contributed by atoms with Gasteiger partial charge in [0.1, 0.15) is 17.2 Å². The standard InChI is InChI=1S/C14H13Cl2FN4/c1-3-10-13-14(20(2)19-10)21(12(7-15)18-13)11-6-8(16)4-5-9(11)17/h4-6H,3,7H2,1-2H3. The quantitative estimate of drug-likeness (QED) is 0.685. The lowest BCUT2D eigenvalue weighted by molar-refractivity contribution is 0.615. The van der Waals surface area contributed by atoms with Gasteiger partial charge in [-0.05, 0) is 24.6 Å². The van der Waals surface area contributed by atoms with Gasteiger partial charge in [0.2, 0.25) is 0 Å². The zero-order valence-electron chi connectivity index (χ0n) is 11.6. The van der Waals surface area contributed by atoms with Gasteiger partial charge in [-0.2, -0.15) is 5.10 Å². The zero-order chi connectivity index (χ0) is 15.1. The van der Waals surface area contributed by atoms with E-state index in [1.165, 1.54) is 12.1 Å². The normalized spacial score (nSPS) is 11.5. The number of aromatic nitrogens is 4. The molecule has 0 spiro atoms. The van der Waals surface area contributed by atoms with Gasteiger partial charge in [-0.25, -0.2) is 14.1 Å². The molecule has 0 radical (unpaired) electrons. The summed E-state index contributed by atoms with van der Waals surface area (Å²) >= 11 is 12.0. The van der Waals surface area contributed by atoms with Crippen molar-refractivity contribution in [3.05, 3.63) is 40.6 Å². The molecule has 21 heavy (non-hydrogen) atoms. The van der Waals surface area contributed by atoms with Gasteiger partial charge in [-0.1, -0.05) is 18.5 Å². The zero-order valence-corrected chi connectivity index (χ0v) is 13.1. The first kappa shape index (κ1) is 14.4. The van der Waals surface area contributed by atoms with E-state index in [1.807, 2.05) is 6.92 Å². The van der Waals surface area contributed by atoms with Crippen LogP contribution in [-0.2, 0) is 19.3 Å². The van der Waals surface area contributed by atoms with E-state index in [4.69, 9.17) is 23.2 Å². The van der Waals surface area contributed by atoms with Gasteiger partial charge < -0.3 is 0 Å². The second-order valence-corrected chi connectivity index (χ2v) is 5.39. The topological polar surface area (TPSA) is 35.6 Å². The van der Waals surface area contributed by atoms with Gasteiger partial charge >= 0.3 is 0 Å². The van der Waals surface area contributed by atoms with Crippen LogP contribution >= 0.6 is 23.2 Å². The minimum absolute atomic E-state index is 0.170. The average Bonchev–Trinajstić information content (AvgIpc) is 2.99. The van der Waals surface area contributed by atoms with Crippen molar-refractivity contribution in [3.63, 3.8) is 0 Å². The number of benzene rings is 1. The fourth-order valence-corrected chi connectivity index (χ4v) is 2.81. The number of hydrogen-bond acceptors (Lipinski definition) is 2. The summed E-state index contributed by atoms with van der Waals surface area (Å²) in [4.78, 5) is 4.51. The summed E-state index contributed by atoms with van der Waals surface area (Å²) in [5.41, 5.74) is 2.64. The van der Waals surface area contributed by atoms with Crippen LogP contribution in [0.3, 0.4) is 0 Å². The molecule has 4 nitrogen and oxygen atoms in total. The molecule has 2 aromatic heterocycles. The molecule has 0 bridgehead atoms. The molecule has 0 amide bonds. The first-order chi connectivity index (χ1) is 10.1. The summed E-state index contributed by atoms with van der Waals surface area (Å²) in [6.45, 7) is 2.00.